The number of halogens is 3. The van der Waals surface area contributed by atoms with Gasteiger partial charge in [-0.25, -0.2) is 4.98 Å². The average Bonchev–Trinajstić information content (AvgIpc) is 2.39. The van der Waals surface area contributed by atoms with Crippen LogP contribution in [0.2, 0.25) is 0 Å². The fraction of sp³-hybridized carbons (Fsp3) is 0.231. The fourth-order valence-corrected chi connectivity index (χ4v) is 1.63. The van der Waals surface area contributed by atoms with Gasteiger partial charge in [0.25, 0.3) is 0 Å². The Bertz CT molecular complexity index is 553. The lowest BCUT2D eigenvalue weighted by molar-refractivity contribution is -0.137. The molecule has 0 amide bonds. The van der Waals surface area contributed by atoms with Crippen LogP contribution in [0.15, 0.2) is 36.7 Å². The van der Waals surface area contributed by atoms with Crippen molar-refractivity contribution in [3.05, 3.63) is 42.2 Å². The van der Waals surface area contributed by atoms with Crippen LogP contribution in [0.25, 0.3) is 11.3 Å². The third-order valence-electron chi connectivity index (χ3n) is 2.47. The van der Waals surface area contributed by atoms with Gasteiger partial charge in [-0.05, 0) is 31.2 Å². The summed E-state index contributed by atoms with van der Waals surface area (Å²) in [6.45, 7) is 2.30. The highest BCUT2D eigenvalue weighted by Gasteiger charge is 2.31. The molecule has 0 bridgehead atoms. The van der Waals surface area contributed by atoms with Crippen LogP contribution >= 0.6 is 0 Å². The zero-order valence-electron chi connectivity index (χ0n) is 10.2. The Labute approximate surface area is 108 Å². The van der Waals surface area contributed by atoms with E-state index in [0.717, 1.165) is 12.1 Å². The number of rotatable bonds is 3. The van der Waals surface area contributed by atoms with Gasteiger partial charge >= 0.3 is 6.18 Å². The van der Waals surface area contributed by atoms with Gasteiger partial charge < -0.3 is 5.32 Å². The Morgan fingerprint density at radius 1 is 1.26 bits per heavy atom. The zero-order valence-corrected chi connectivity index (χ0v) is 10.2. The topological polar surface area (TPSA) is 37.8 Å². The van der Waals surface area contributed by atoms with Crippen molar-refractivity contribution in [1.82, 2.24) is 9.97 Å². The molecular formula is C13H12F3N3. The predicted molar refractivity (Wildman–Crippen MR) is 66.6 cm³/mol. The number of alkyl halides is 3. The van der Waals surface area contributed by atoms with Crippen molar-refractivity contribution in [2.75, 3.05) is 11.9 Å². The highest BCUT2D eigenvalue weighted by atomic mass is 19.4. The van der Waals surface area contributed by atoms with E-state index in [-0.39, 0.29) is 11.5 Å². The number of hydrogen-bond donors (Lipinski definition) is 1. The summed E-state index contributed by atoms with van der Waals surface area (Å²) in [4.78, 5) is 8.04. The Balaban J connectivity index is 2.52. The van der Waals surface area contributed by atoms with Crippen molar-refractivity contribution in [3.63, 3.8) is 0 Å². The fourth-order valence-electron chi connectivity index (χ4n) is 1.63. The van der Waals surface area contributed by atoms with E-state index >= 15 is 0 Å². The minimum atomic E-state index is -4.40. The molecule has 6 heteroatoms. The summed E-state index contributed by atoms with van der Waals surface area (Å²) >= 11 is 0. The number of aromatic nitrogens is 2. The van der Waals surface area contributed by atoms with Gasteiger partial charge in [0.1, 0.15) is 5.82 Å². The molecule has 0 radical (unpaired) electrons. The molecule has 0 fully saturated rings. The molecule has 0 aromatic carbocycles. The van der Waals surface area contributed by atoms with E-state index in [1.165, 1.54) is 6.20 Å². The number of pyridine rings is 2. The van der Waals surface area contributed by atoms with Crippen LogP contribution in [0.5, 0.6) is 0 Å². The van der Waals surface area contributed by atoms with Crippen molar-refractivity contribution in [2.24, 2.45) is 0 Å². The van der Waals surface area contributed by atoms with E-state index in [1.807, 2.05) is 0 Å². The summed E-state index contributed by atoms with van der Waals surface area (Å²) in [6, 6.07) is 5.36. The lowest BCUT2D eigenvalue weighted by Gasteiger charge is -2.12. The molecule has 0 saturated heterocycles. The molecule has 0 saturated carbocycles. The van der Waals surface area contributed by atoms with Crippen LogP contribution < -0.4 is 5.32 Å². The molecule has 2 rings (SSSR count). The zero-order chi connectivity index (χ0) is 13.9. The Morgan fingerprint density at radius 3 is 2.63 bits per heavy atom. The molecule has 2 aromatic rings. The normalized spacial score (nSPS) is 11.4. The average molecular weight is 267 g/mol. The smallest absolute Gasteiger partial charge is 0.370 e. The summed E-state index contributed by atoms with van der Waals surface area (Å²) in [5.74, 6) is 0.205. The molecule has 19 heavy (non-hydrogen) atoms. The van der Waals surface area contributed by atoms with Crippen molar-refractivity contribution < 1.29 is 13.2 Å². The second-order valence-electron chi connectivity index (χ2n) is 3.90. The third-order valence-corrected chi connectivity index (χ3v) is 2.47. The largest absolute Gasteiger partial charge is 0.416 e. The van der Waals surface area contributed by atoms with Gasteiger partial charge in [0.15, 0.2) is 0 Å². The first kappa shape index (κ1) is 13.3. The molecule has 100 valence electrons. The van der Waals surface area contributed by atoms with E-state index in [2.05, 4.69) is 15.3 Å². The lowest BCUT2D eigenvalue weighted by atomic mass is 10.1. The SMILES string of the molecule is CCNc1cc(C(F)(F)F)cc(-c2cccnc2)n1. The van der Waals surface area contributed by atoms with Crippen LogP contribution in [0.1, 0.15) is 12.5 Å². The highest BCUT2D eigenvalue weighted by molar-refractivity contribution is 5.61. The maximum atomic E-state index is 12.8. The predicted octanol–water partition coefficient (Wildman–Crippen LogP) is 3.59. The van der Waals surface area contributed by atoms with Crippen LogP contribution in [-0.2, 0) is 6.18 Å². The molecule has 2 aromatic heterocycles. The summed E-state index contributed by atoms with van der Waals surface area (Å²) in [6.07, 6.45) is -1.36. The van der Waals surface area contributed by atoms with E-state index in [4.69, 9.17) is 0 Å². The van der Waals surface area contributed by atoms with E-state index in [1.54, 1.807) is 25.3 Å². The number of hydrogen-bond acceptors (Lipinski definition) is 3. The Hall–Kier alpha value is -2.11. The first-order chi connectivity index (χ1) is 9.00. The molecule has 2 heterocycles. The second kappa shape index (κ2) is 5.26. The quantitative estimate of drug-likeness (QED) is 0.923. The standard InChI is InChI=1S/C13H12F3N3/c1-2-18-12-7-10(13(14,15)16)6-11(19-12)9-4-3-5-17-8-9/h3-8H,2H2,1H3,(H,18,19). The van der Waals surface area contributed by atoms with Gasteiger partial charge in [0, 0.05) is 24.5 Å². The monoisotopic (exact) mass is 267 g/mol. The Kier molecular flexibility index (Phi) is 3.69. The van der Waals surface area contributed by atoms with Gasteiger partial charge in [-0.2, -0.15) is 13.2 Å². The highest BCUT2D eigenvalue weighted by Crippen LogP contribution is 2.33. The van der Waals surface area contributed by atoms with Crippen LogP contribution in [-0.4, -0.2) is 16.5 Å². The molecule has 0 atom stereocenters. The molecule has 0 unspecified atom stereocenters. The third kappa shape index (κ3) is 3.21. The van der Waals surface area contributed by atoms with E-state index < -0.39 is 11.7 Å². The van der Waals surface area contributed by atoms with Crippen molar-refractivity contribution in [3.8, 4) is 11.3 Å². The molecule has 0 aliphatic rings. The summed E-state index contributed by atoms with van der Waals surface area (Å²) < 4.78 is 38.5. The van der Waals surface area contributed by atoms with E-state index in [0.29, 0.717) is 12.1 Å². The second-order valence-corrected chi connectivity index (χ2v) is 3.90. The Morgan fingerprint density at radius 2 is 2.05 bits per heavy atom. The van der Waals surface area contributed by atoms with Crippen LogP contribution in [0.3, 0.4) is 0 Å². The summed E-state index contributed by atoms with van der Waals surface area (Å²) in [5, 5.41) is 2.80. The molecule has 1 N–H and O–H groups in total. The lowest BCUT2D eigenvalue weighted by Crippen LogP contribution is -2.08. The van der Waals surface area contributed by atoms with Gasteiger partial charge in [0.05, 0.1) is 11.3 Å². The molecule has 0 aliphatic carbocycles. The van der Waals surface area contributed by atoms with Crippen molar-refractivity contribution >= 4 is 5.82 Å². The summed E-state index contributed by atoms with van der Waals surface area (Å²) in [7, 11) is 0. The van der Waals surface area contributed by atoms with Gasteiger partial charge in [0.2, 0.25) is 0 Å². The number of nitrogens with one attached hydrogen (secondary N) is 1. The first-order valence-corrected chi connectivity index (χ1v) is 5.74. The van der Waals surface area contributed by atoms with E-state index in [9.17, 15) is 13.2 Å². The molecule has 3 nitrogen and oxygen atoms in total. The van der Waals surface area contributed by atoms with Gasteiger partial charge in [-0.1, -0.05) is 0 Å². The minimum absolute atomic E-state index is 0.205. The molecule has 0 aliphatic heterocycles. The van der Waals surface area contributed by atoms with Gasteiger partial charge in [-0.15, -0.1) is 0 Å². The maximum absolute atomic E-state index is 12.8. The summed E-state index contributed by atoms with van der Waals surface area (Å²) in [5.41, 5.74) is 0.0731. The van der Waals surface area contributed by atoms with Crippen molar-refractivity contribution in [2.45, 2.75) is 13.1 Å². The van der Waals surface area contributed by atoms with Gasteiger partial charge in [-0.3, -0.25) is 4.98 Å². The maximum Gasteiger partial charge on any atom is 0.416 e. The van der Waals surface area contributed by atoms with Crippen LogP contribution in [0, 0.1) is 0 Å². The molecular weight excluding hydrogens is 255 g/mol. The number of anilines is 1. The molecule has 0 spiro atoms. The van der Waals surface area contributed by atoms with Crippen molar-refractivity contribution in [1.29, 1.82) is 0 Å². The number of nitrogens with zero attached hydrogens (tertiary/aromatic N) is 2. The van der Waals surface area contributed by atoms with Crippen LogP contribution in [0.4, 0.5) is 19.0 Å². The first-order valence-electron chi connectivity index (χ1n) is 5.74. The minimum Gasteiger partial charge on any atom is -0.370 e.